The highest BCUT2D eigenvalue weighted by Crippen LogP contribution is 2.22. The molecule has 0 saturated carbocycles. The Kier molecular flexibility index (Phi) is 5.24. The van der Waals surface area contributed by atoms with Gasteiger partial charge >= 0.3 is 5.97 Å². The third kappa shape index (κ3) is 4.59. The minimum atomic E-state index is -1.06. The maximum absolute atomic E-state index is 12.5. The van der Waals surface area contributed by atoms with Crippen LogP contribution >= 0.6 is 0 Å². The molecule has 24 heavy (non-hydrogen) atoms. The van der Waals surface area contributed by atoms with E-state index in [9.17, 15) is 9.59 Å². The van der Waals surface area contributed by atoms with E-state index in [1.165, 1.54) is 6.07 Å². The molecule has 0 heterocycles. The second-order valence-corrected chi connectivity index (χ2v) is 6.16. The fraction of sp³-hybridized carbons (Fsp3) is 0.263. The minimum absolute atomic E-state index is 0.248. The van der Waals surface area contributed by atoms with Crippen LogP contribution in [-0.4, -0.2) is 23.6 Å². The van der Waals surface area contributed by atoms with Crippen LogP contribution in [0.15, 0.2) is 48.5 Å². The van der Waals surface area contributed by atoms with Crippen LogP contribution in [0.2, 0.25) is 0 Å². The van der Waals surface area contributed by atoms with E-state index in [4.69, 9.17) is 9.84 Å². The first-order valence-corrected chi connectivity index (χ1v) is 7.62. The highest BCUT2D eigenvalue weighted by atomic mass is 16.5. The van der Waals surface area contributed by atoms with Crippen LogP contribution in [0.5, 0.6) is 5.75 Å². The summed E-state index contributed by atoms with van der Waals surface area (Å²) in [6.07, 6.45) is 0. The molecule has 2 aromatic rings. The molecule has 0 spiro atoms. The maximum Gasteiger partial charge on any atom is 0.341 e. The number of amides is 1. The van der Waals surface area contributed by atoms with E-state index in [0.29, 0.717) is 11.3 Å². The van der Waals surface area contributed by atoms with Crippen LogP contribution < -0.4 is 10.1 Å². The molecule has 2 N–H and O–H groups in total. The van der Waals surface area contributed by atoms with Crippen LogP contribution in [0.4, 0.5) is 0 Å². The zero-order chi connectivity index (χ0) is 17.7. The molecule has 1 amide bonds. The van der Waals surface area contributed by atoms with Gasteiger partial charge in [-0.15, -0.1) is 0 Å². The Morgan fingerprint density at radius 2 is 1.83 bits per heavy atom. The van der Waals surface area contributed by atoms with Crippen LogP contribution in [0, 0.1) is 6.92 Å². The molecular formula is C19H21NO4. The van der Waals surface area contributed by atoms with Crippen LogP contribution in [0.1, 0.15) is 35.3 Å². The number of carbonyl (C=O) groups excluding carboxylic acids is 1. The van der Waals surface area contributed by atoms with Crippen molar-refractivity contribution in [3.63, 3.8) is 0 Å². The molecule has 0 saturated heterocycles. The number of carbonyl (C=O) groups is 2. The number of benzene rings is 2. The Morgan fingerprint density at radius 1 is 1.12 bits per heavy atom. The van der Waals surface area contributed by atoms with E-state index < -0.39 is 18.1 Å². The quantitative estimate of drug-likeness (QED) is 0.855. The predicted octanol–water partition coefficient (Wildman–Crippen LogP) is 3.12. The van der Waals surface area contributed by atoms with Gasteiger partial charge in [-0.3, -0.25) is 4.79 Å². The maximum atomic E-state index is 12.5. The van der Waals surface area contributed by atoms with Crippen molar-refractivity contribution in [3.8, 4) is 5.75 Å². The molecule has 0 fully saturated rings. The van der Waals surface area contributed by atoms with Crippen molar-refractivity contribution in [1.29, 1.82) is 0 Å². The van der Waals surface area contributed by atoms with Crippen molar-refractivity contribution in [3.05, 3.63) is 65.2 Å². The molecule has 0 aliphatic carbocycles. The molecule has 0 aliphatic heterocycles. The van der Waals surface area contributed by atoms with E-state index >= 15 is 0 Å². The highest BCUT2D eigenvalue weighted by Gasteiger charge is 2.23. The lowest BCUT2D eigenvalue weighted by Crippen LogP contribution is -2.41. The predicted molar refractivity (Wildman–Crippen MR) is 91.2 cm³/mol. The normalized spacial score (nSPS) is 11.0. The summed E-state index contributed by atoms with van der Waals surface area (Å²) in [6, 6.07) is 14.4. The third-order valence-electron chi connectivity index (χ3n) is 3.62. The van der Waals surface area contributed by atoms with E-state index in [2.05, 4.69) is 5.32 Å². The zero-order valence-corrected chi connectivity index (χ0v) is 14.0. The Hall–Kier alpha value is -2.82. The lowest BCUT2D eigenvalue weighted by Gasteiger charge is -2.27. The number of aryl methyl sites for hydroxylation is 1. The monoisotopic (exact) mass is 327 g/mol. The number of hydrogen-bond acceptors (Lipinski definition) is 3. The van der Waals surface area contributed by atoms with Gasteiger partial charge in [-0.1, -0.05) is 35.9 Å². The zero-order valence-electron chi connectivity index (χ0n) is 14.0. The van der Waals surface area contributed by atoms with E-state index in [0.717, 1.165) is 11.1 Å². The van der Waals surface area contributed by atoms with Gasteiger partial charge in [-0.05, 0) is 44.5 Å². The first-order chi connectivity index (χ1) is 11.3. The molecule has 5 heteroatoms. The van der Waals surface area contributed by atoms with Crippen LogP contribution in [0.3, 0.4) is 0 Å². The van der Waals surface area contributed by atoms with E-state index in [1.807, 2.05) is 45.0 Å². The number of hydrogen-bond donors (Lipinski definition) is 2. The third-order valence-corrected chi connectivity index (χ3v) is 3.62. The van der Waals surface area contributed by atoms with Gasteiger partial charge < -0.3 is 15.2 Å². The number of nitrogens with one attached hydrogen (secondary N) is 1. The molecule has 126 valence electrons. The van der Waals surface area contributed by atoms with Crippen molar-refractivity contribution in [1.82, 2.24) is 5.32 Å². The lowest BCUT2D eigenvalue weighted by molar-refractivity contribution is -0.139. The van der Waals surface area contributed by atoms with Gasteiger partial charge in [0.2, 0.25) is 0 Å². The molecule has 0 bridgehead atoms. The fourth-order valence-electron chi connectivity index (χ4n) is 2.33. The molecule has 2 rings (SSSR count). The Balaban J connectivity index is 2.14. The van der Waals surface area contributed by atoms with Gasteiger partial charge in [0.05, 0.1) is 5.54 Å². The summed E-state index contributed by atoms with van der Waals surface area (Å²) in [7, 11) is 0. The summed E-state index contributed by atoms with van der Waals surface area (Å²) in [6.45, 7) is 5.43. The summed E-state index contributed by atoms with van der Waals surface area (Å²) in [4.78, 5) is 23.1. The Bertz CT molecular complexity index is 753. The van der Waals surface area contributed by atoms with Crippen LogP contribution in [0.25, 0.3) is 0 Å². The molecule has 0 atom stereocenters. The fourth-order valence-corrected chi connectivity index (χ4v) is 2.33. The first-order valence-electron chi connectivity index (χ1n) is 7.62. The van der Waals surface area contributed by atoms with Crippen molar-refractivity contribution < 1.29 is 19.4 Å². The molecule has 2 aromatic carbocycles. The second kappa shape index (κ2) is 7.17. The van der Waals surface area contributed by atoms with Gasteiger partial charge in [-0.25, -0.2) is 4.79 Å². The summed E-state index contributed by atoms with van der Waals surface area (Å²) in [5.41, 5.74) is 2.01. The van der Waals surface area contributed by atoms with Crippen molar-refractivity contribution >= 4 is 11.9 Å². The van der Waals surface area contributed by atoms with E-state index in [-0.39, 0.29) is 5.91 Å². The number of rotatable bonds is 6. The number of aliphatic carboxylic acids is 1. The lowest BCUT2D eigenvalue weighted by atomic mass is 9.92. The second-order valence-electron chi connectivity index (χ2n) is 6.16. The van der Waals surface area contributed by atoms with Gasteiger partial charge in [0, 0.05) is 5.56 Å². The highest BCUT2D eigenvalue weighted by molar-refractivity contribution is 5.95. The van der Waals surface area contributed by atoms with Gasteiger partial charge in [0.25, 0.3) is 5.91 Å². The van der Waals surface area contributed by atoms with E-state index in [1.54, 1.807) is 18.2 Å². The number of carboxylic acids is 1. The number of carboxylic acid groups (broad SMARTS) is 1. The topological polar surface area (TPSA) is 75.6 Å². The standard InChI is InChI=1S/C19H21NO4/c1-13-6-4-8-15(10-13)19(2,3)20-18(23)14-7-5-9-16(11-14)24-12-17(21)22/h4-11H,12H2,1-3H3,(H,20,23)(H,21,22). The molecule has 5 nitrogen and oxygen atoms in total. The Labute approximate surface area is 141 Å². The largest absolute Gasteiger partial charge is 0.482 e. The average Bonchev–Trinajstić information content (AvgIpc) is 2.53. The molecule has 0 unspecified atom stereocenters. The van der Waals surface area contributed by atoms with Gasteiger partial charge in [0.1, 0.15) is 5.75 Å². The smallest absolute Gasteiger partial charge is 0.341 e. The van der Waals surface area contributed by atoms with Crippen molar-refractivity contribution in [2.75, 3.05) is 6.61 Å². The minimum Gasteiger partial charge on any atom is -0.482 e. The molecular weight excluding hydrogens is 306 g/mol. The SMILES string of the molecule is Cc1cccc(C(C)(C)NC(=O)c2cccc(OCC(=O)O)c2)c1. The summed E-state index contributed by atoms with van der Waals surface area (Å²) >= 11 is 0. The Morgan fingerprint density at radius 3 is 2.50 bits per heavy atom. The molecule has 0 aliphatic rings. The van der Waals surface area contributed by atoms with Crippen molar-refractivity contribution in [2.45, 2.75) is 26.3 Å². The molecule has 0 radical (unpaired) electrons. The number of ether oxygens (including phenoxy) is 1. The van der Waals surface area contributed by atoms with Crippen molar-refractivity contribution in [2.24, 2.45) is 0 Å². The first kappa shape index (κ1) is 17.5. The van der Waals surface area contributed by atoms with Crippen LogP contribution in [-0.2, 0) is 10.3 Å². The summed E-state index contributed by atoms with van der Waals surface area (Å²) in [5, 5.41) is 11.6. The average molecular weight is 327 g/mol. The molecule has 0 aromatic heterocycles. The summed E-state index contributed by atoms with van der Waals surface area (Å²) < 4.78 is 5.11. The van der Waals surface area contributed by atoms with Gasteiger partial charge in [-0.2, -0.15) is 0 Å². The summed E-state index contributed by atoms with van der Waals surface area (Å²) in [5.74, 6) is -0.967. The van der Waals surface area contributed by atoms with Gasteiger partial charge in [0.15, 0.2) is 6.61 Å².